The first-order chi connectivity index (χ1) is 15.1. The number of imidazole rings is 1. The summed E-state index contributed by atoms with van der Waals surface area (Å²) in [6.07, 6.45) is 6.21. The predicted octanol–water partition coefficient (Wildman–Crippen LogP) is 2.32. The van der Waals surface area contributed by atoms with Gasteiger partial charge < -0.3 is 14.8 Å². The summed E-state index contributed by atoms with van der Waals surface area (Å²) in [6, 6.07) is 9.31. The Labute approximate surface area is 178 Å². The lowest BCUT2D eigenvalue weighted by Crippen LogP contribution is -2.18. The van der Waals surface area contributed by atoms with Gasteiger partial charge in [0.15, 0.2) is 5.65 Å². The number of aryl methyl sites for hydroxylation is 1. The standard InChI is InChI=1S/C22H22N6O3/c1-23-21(29)15-5-3-4-14(8-15)19-11-24-20-9-18(16-10-25-27(2)12-16)22(26-28(19)20)31-17-6-7-30-13-17/h3-5,8-12,17H,6-7,13H2,1-2H3,(H,23,29). The largest absolute Gasteiger partial charge is 0.470 e. The first-order valence-electron chi connectivity index (χ1n) is 10.1. The van der Waals surface area contributed by atoms with Crippen molar-refractivity contribution in [3.8, 4) is 28.3 Å². The number of carbonyl (C=O) groups is 1. The van der Waals surface area contributed by atoms with E-state index in [-0.39, 0.29) is 12.0 Å². The quantitative estimate of drug-likeness (QED) is 0.534. The summed E-state index contributed by atoms with van der Waals surface area (Å²) in [6.45, 7) is 1.22. The van der Waals surface area contributed by atoms with Gasteiger partial charge >= 0.3 is 0 Å². The molecule has 31 heavy (non-hydrogen) atoms. The number of hydrogen-bond donors (Lipinski definition) is 1. The third-order valence-electron chi connectivity index (χ3n) is 5.29. The van der Waals surface area contributed by atoms with Crippen molar-refractivity contribution in [1.82, 2.24) is 29.7 Å². The first-order valence-corrected chi connectivity index (χ1v) is 10.1. The second-order valence-corrected chi connectivity index (χ2v) is 7.44. The number of ether oxygens (including phenoxy) is 2. The zero-order valence-electron chi connectivity index (χ0n) is 17.3. The fourth-order valence-corrected chi connectivity index (χ4v) is 3.68. The molecule has 1 aliphatic rings. The Hall–Kier alpha value is -3.72. The van der Waals surface area contributed by atoms with Crippen LogP contribution >= 0.6 is 0 Å². The number of carbonyl (C=O) groups excluding carboxylic acids is 1. The minimum atomic E-state index is -0.146. The van der Waals surface area contributed by atoms with E-state index in [1.807, 2.05) is 37.5 Å². The smallest absolute Gasteiger partial charge is 0.251 e. The van der Waals surface area contributed by atoms with Crippen molar-refractivity contribution < 1.29 is 14.3 Å². The molecule has 1 aromatic carbocycles. The van der Waals surface area contributed by atoms with Crippen LogP contribution in [0.1, 0.15) is 16.8 Å². The van der Waals surface area contributed by atoms with Crippen LogP contribution in [0.5, 0.6) is 5.88 Å². The van der Waals surface area contributed by atoms with Crippen molar-refractivity contribution in [3.05, 3.63) is 54.5 Å². The number of nitrogens with one attached hydrogen (secondary N) is 1. The van der Waals surface area contributed by atoms with Crippen molar-refractivity contribution in [3.63, 3.8) is 0 Å². The molecule has 4 heterocycles. The summed E-state index contributed by atoms with van der Waals surface area (Å²) in [5, 5.41) is 11.7. The van der Waals surface area contributed by atoms with E-state index < -0.39 is 0 Å². The Morgan fingerprint density at radius 2 is 2.16 bits per heavy atom. The number of aromatic nitrogens is 5. The highest BCUT2D eigenvalue weighted by Gasteiger charge is 2.22. The number of fused-ring (bicyclic) bond motifs is 1. The molecule has 0 radical (unpaired) electrons. The molecule has 158 valence electrons. The fraction of sp³-hybridized carbons (Fsp3) is 0.273. The van der Waals surface area contributed by atoms with Crippen LogP contribution in [0.4, 0.5) is 0 Å². The summed E-state index contributed by atoms with van der Waals surface area (Å²) in [4.78, 5) is 16.6. The van der Waals surface area contributed by atoms with Gasteiger partial charge in [-0.3, -0.25) is 9.48 Å². The van der Waals surface area contributed by atoms with Crippen LogP contribution in [0.2, 0.25) is 0 Å². The van der Waals surface area contributed by atoms with E-state index in [4.69, 9.17) is 14.6 Å². The highest BCUT2D eigenvalue weighted by Crippen LogP contribution is 2.32. The van der Waals surface area contributed by atoms with Crippen molar-refractivity contribution in [2.75, 3.05) is 20.3 Å². The van der Waals surface area contributed by atoms with Crippen LogP contribution in [-0.2, 0) is 11.8 Å². The van der Waals surface area contributed by atoms with E-state index in [0.29, 0.717) is 30.3 Å². The Balaban J connectivity index is 1.63. The molecule has 0 bridgehead atoms. The molecule has 5 rings (SSSR count). The third kappa shape index (κ3) is 3.64. The van der Waals surface area contributed by atoms with Crippen molar-refractivity contribution in [2.24, 2.45) is 7.05 Å². The van der Waals surface area contributed by atoms with Gasteiger partial charge in [-0.25, -0.2) is 9.50 Å². The van der Waals surface area contributed by atoms with E-state index in [1.54, 1.807) is 34.7 Å². The van der Waals surface area contributed by atoms with E-state index in [2.05, 4.69) is 15.4 Å². The van der Waals surface area contributed by atoms with Gasteiger partial charge in [-0.2, -0.15) is 5.10 Å². The van der Waals surface area contributed by atoms with Crippen LogP contribution in [0, 0.1) is 0 Å². The first kappa shape index (κ1) is 19.3. The second kappa shape index (κ2) is 7.84. The lowest BCUT2D eigenvalue weighted by molar-refractivity contribution is 0.0963. The molecule has 1 atom stereocenters. The van der Waals surface area contributed by atoms with Gasteiger partial charge in [0, 0.05) is 43.4 Å². The summed E-state index contributed by atoms with van der Waals surface area (Å²) in [5.41, 5.74) is 4.58. The minimum absolute atomic E-state index is 0.0519. The van der Waals surface area contributed by atoms with Crippen molar-refractivity contribution >= 4 is 11.6 Å². The molecule has 1 fully saturated rings. The lowest BCUT2D eigenvalue weighted by atomic mass is 10.1. The van der Waals surface area contributed by atoms with Gasteiger partial charge in [0.1, 0.15) is 6.10 Å². The molecule has 1 aliphatic heterocycles. The van der Waals surface area contributed by atoms with Crippen molar-refractivity contribution in [2.45, 2.75) is 12.5 Å². The summed E-state index contributed by atoms with van der Waals surface area (Å²) in [7, 11) is 3.48. The molecule has 4 aromatic rings. The Morgan fingerprint density at radius 3 is 2.90 bits per heavy atom. The second-order valence-electron chi connectivity index (χ2n) is 7.44. The summed E-state index contributed by atoms with van der Waals surface area (Å²) in [5.74, 6) is 0.352. The molecule has 0 aliphatic carbocycles. The Morgan fingerprint density at radius 1 is 1.26 bits per heavy atom. The van der Waals surface area contributed by atoms with Crippen molar-refractivity contribution in [1.29, 1.82) is 0 Å². The fourth-order valence-electron chi connectivity index (χ4n) is 3.68. The number of nitrogens with zero attached hydrogens (tertiary/aromatic N) is 5. The highest BCUT2D eigenvalue weighted by molar-refractivity contribution is 5.95. The Kier molecular flexibility index (Phi) is 4.87. The molecule has 0 saturated carbocycles. The van der Waals surface area contributed by atoms with E-state index in [9.17, 15) is 4.79 Å². The maximum Gasteiger partial charge on any atom is 0.251 e. The number of rotatable bonds is 5. The highest BCUT2D eigenvalue weighted by atomic mass is 16.5. The van der Waals surface area contributed by atoms with E-state index in [1.165, 1.54) is 0 Å². The molecule has 3 aromatic heterocycles. The summed E-state index contributed by atoms with van der Waals surface area (Å²) < 4.78 is 15.2. The monoisotopic (exact) mass is 418 g/mol. The average molecular weight is 418 g/mol. The van der Waals surface area contributed by atoms with E-state index >= 15 is 0 Å². The Bertz CT molecular complexity index is 1260. The van der Waals surface area contributed by atoms with Gasteiger partial charge in [0.2, 0.25) is 5.88 Å². The van der Waals surface area contributed by atoms with Gasteiger partial charge in [0.25, 0.3) is 5.91 Å². The number of amides is 1. The predicted molar refractivity (Wildman–Crippen MR) is 114 cm³/mol. The maximum atomic E-state index is 12.1. The van der Waals surface area contributed by atoms with Gasteiger partial charge in [-0.15, -0.1) is 5.10 Å². The topological polar surface area (TPSA) is 95.6 Å². The zero-order valence-corrected chi connectivity index (χ0v) is 17.3. The molecule has 1 saturated heterocycles. The minimum Gasteiger partial charge on any atom is -0.470 e. The van der Waals surface area contributed by atoms with Gasteiger partial charge in [-0.1, -0.05) is 12.1 Å². The molecule has 9 heteroatoms. The maximum absolute atomic E-state index is 12.1. The molecular formula is C22H22N6O3. The van der Waals surface area contributed by atoms with Gasteiger partial charge in [-0.05, 0) is 18.2 Å². The number of benzene rings is 1. The van der Waals surface area contributed by atoms with Crippen LogP contribution in [0.3, 0.4) is 0 Å². The average Bonchev–Trinajstić information content (AvgIpc) is 3.54. The lowest BCUT2D eigenvalue weighted by Gasteiger charge is -2.15. The van der Waals surface area contributed by atoms with Crippen LogP contribution in [0.25, 0.3) is 28.0 Å². The molecule has 1 amide bonds. The molecule has 1 N–H and O–H groups in total. The zero-order chi connectivity index (χ0) is 21.4. The van der Waals surface area contributed by atoms with Crippen LogP contribution in [0.15, 0.2) is 48.9 Å². The molecule has 9 nitrogen and oxygen atoms in total. The SMILES string of the molecule is CNC(=O)c1cccc(-c2cnc3cc(-c4cnn(C)c4)c(OC4CCOC4)nn23)c1. The van der Waals surface area contributed by atoms with Crippen LogP contribution < -0.4 is 10.1 Å². The third-order valence-corrected chi connectivity index (χ3v) is 5.29. The molecule has 0 spiro atoms. The molecule has 1 unspecified atom stereocenters. The normalized spacial score (nSPS) is 16.0. The summed E-state index contributed by atoms with van der Waals surface area (Å²) >= 11 is 0. The van der Waals surface area contributed by atoms with Gasteiger partial charge in [0.05, 0.1) is 36.9 Å². The number of hydrogen-bond acceptors (Lipinski definition) is 6. The van der Waals surface area contributed by atoms with E-state index in [0.717, 1.165) is 28.8 Å². The van der Waals surface area contributed by atoms with Crippen LogP contribution in [-0.4, -0.2) is 56.7 Å². The molecular weight excluding hydrogens is 396 g/mol.